The van der Waals surface area contributed by atoms with Crippen LogP contribution in [-0.2, 0) is 0 Å². The van der Waals surface area contributed by atoms with Crippen molar-refractivity contribution >= 4 is 23.0 Å². The molecule has 0 saturated heterocycles. The second-order valence-corrected chi connectivity index (χ2v) is 5.61. The molecular formula is C19H20N4O. The van der Waals surface area contributed by atoms with E-state index in [0.717, 1.165) is 28.5 Å². The Morgan fingerprint density at radius 1 is 0.833 bits per heavy atom. The first kappa shape index (κ1) is 15.8. The molecular weight excluding hydrogens is 300 g/mol. The topological polar surface area (TPSA) is 59.1 Å². The number of ether oxygens (including phenoxy) is 1. The summed E-state index contributed by atoms with van der Waals surface area (Å²) in [5.41, 5.74) is 4.20. The van der Waals surface area contributed by atoms with Crippen molar-refractivity contribution in [3.63, 3.8) is 0 Å². The minimum Gasteiger partial charge on any atom is -0.495 e. The first-order valence-corrected chi connectivity index (χ1v) is 7.71. The predicted octanol–water partition coefficient (Wildman–Crippen LogP) is 4.59. The highest BCUT2D eigenvalue weighted by molar-refractivity contribution is 5.67. The smallest absolute Gasteiger partial charge is 0.142 e. The van der Waals surface area contributed by atoms with Crippen molar-refractivity contribution < 1.29 is 4.74 Å². The molecule has 3 aromatic rings. The number of rotatable bonds is 5. The first-order valence-electron chi connectivity index (χ1n) is 7.71. The van der Waals surface area contributed by atoms with E-state index in [1.165, 1.54) is 11.9 Å². The van der Waals surface area contributed by atoms with Gasteiger partial charge in [-0.05, 0) is 49.2 Å². The lowest BCUT2D eigenvalue weighted by Gasteiger charge is -2.12. The van der Waals surface area contributed by atoms with Gasteiger partial charge in [0.1, 0.15) is 23.7 Å². The van der Waals surface area contributed by atoms with Crippen LogP contribution < -0.4 is 15.4 Å². The van der Waals surface area contributed by atoms with E-state index in [-0.39, 0.29) is 0 Å². The summed E-state index contributed by atoms with van der Waals surface area (Å²) >= 11 is 0. The molecule has 5 nitrogen and oxygen atoms in total. The Kier molecular flexibility index (Phi) is 4.61. The summed E-state index contributed by atoms with van der Waals surface area (Å²) < 4.78 is 5.39. The number of anilines is 4. The lowest BCUT2D eigenvalue weighted by Crippen LogP contribution is -2.00. The van der Waals surface area contributed by atoms with Gasteiger partial charge in [0.05, 0.1) is 12.8 Å². The van der Waals surface area contributed by atoms with Gasteiger partial charge in [-0.25, -0.2) is 9.97 Å². The van der Waals surface area contributed by atoms with Gasteiger partial charge in [-0.3, -0.25) is 0 Å². The van der Waals surface area contributed by atoms with E-state index < -0.39 is 0 Å². The molecule has 3 rings (SSSR count). The van der Waals surface area contributed by atoms with E-state index in [0.29, 0.717) is 5.82 Å². The Morgan fingerprint density at radius 2 is 1.58 bits per heavy atom. The first-order chi connectivity index (χ1) is 11.6. The summed E-state index contributed by atoms with van der Waals surface area (Å²) in [6, 6.07) is 16.0. The second-order valence-electron chi connectivity index (χ2n) is 5.61. The number of aryl methyl sites for hydroxylation is 2. The van der Waals surface area contributed by atoms with Crippen LogP contribution in [0.3, 0.4) is 0 Å². The molecule has 0 unspecified atom stereocenters. The second kappa shape index (κ2) is 7.00. The Balaban J connectivity index is 1.82. The minimum atomic E-state index is 0.698. The number of aromatic nitrogens is 2. The van der Waals surface area contributed by atoms with Crippen molar-refractivity contribution in [3.05, 3.63) is 66.0 Å². The summed E-state index contributed by atoms with van der Waals surface area (Å²) in [6.45, 7) is 4.09. The molecule has 5 heteroatoms. The molecule has 2 N–H and O–H groups in total. The molecule has 0 saturated carbocycles. The van der Waals surface area contributed by atoms with Crippen LogP contribution in [0.15, 0.2) is 54.9 Å². The molecule has 0 bridgehead atoms. The highest BCUT2D eigenvalue weighted by atomic mass is 16.5. The number of nitrogens with one attached hydrogen (secondary N) is 2. The molecule has 0 aliphatic heterocycles. The molecule has 0 aliphatic carbocycles. The molecule has 24 heavy (non-hydrogen) atoms. The van der Waals surface area contributed by atoms with Crippen LogP contribution in [0, 0.1) is 13.8 Å². The molecule has 0 radical (unpaired) electrons. The van der Waals surface area contributed by atoms with Crippen LogP contribution in [0.5, 0.6) is 5.75 Å². The zero-order chi connectivity index (χ0) is 16.9. The number of benzene rings is 2. The predicted molar refractivity (Wildman–Crippen MR) is 97.5 cm³/mol. The molecule has 0 spiro atoms. The van der Waals surface area contributed by atoms with E-state index in [2.05, 4.69) is 39.7 Å². The maximum absolute atomic E-state index is 5.39. The van der Waals surface area contributed by atoms with E-state index in [9.17, 15) is 0 Å². The Morgan fingerprint density at radius 3 is 2.33 bits per heavy atom. The maximum atomic E-state index is 5.39. The highest BCUT2D eigenvalue weighted by Gasteiger charge is 2.06. The van der Waals surface area contributed by atoms with Crippen molar-refractivity contribution in [2.45, 2.75) is 13.8 Å². The fourth-order valence-corrected chi connectivity index (χ4v) is 2.42. The van der Waals surface area contributed by atoms with E-state index in [1.54, 1.807) is 7.11 Å². The zero-order valence-electron chi connectivity index (χ0n) is 14.0. The molecule has 2 aromatic carbocycles. The zero-order valence-corrected chi connectivity index (χ0v) is 14.0. The average Bonchev–Trinajstić information content (AvgIpc) is 2.55. The van der Waals surface area contributed by atoms with Crippen LogP contribution >= 0.6 is 0 Å². The molecule has 1 aromatic heterocycles. The number of nitrogens with zero attached hydrogens (tertiary/aromatic N) is 2. The fourth-order valence-electron chi connectivity index (χ4n) is 2.42. The Labute approximate surface area is 141 Å². The van der Waals surface area contributed by atoms with Crippen molar-refractivity contribution in [1.29, 1.82) is 0 Å². The standard InChI is InChI=1S/C19H20N4O/c1-13-5-4-6-15(9-13)22-18-11-19(21-12-20-18)23-16-10-14(2)7-8-17(16)24-3/h4-12H,1-3H3,(H2,20,21,22,23). The molecule has 0 amide bonds. The summed E-state index contributed by atoms with van der Waals surface area (Å²) in [5.74, 6) is 2.20. The third-order valence-electron chi connectivity index (χ3n) is 3.58. The third-order valence-corrected chi connectivity index (χ3v) is 3.58. The summed E-state index contributed by atoms with van der Waals surface area (Å²) in [6.07, 6.45) is 1.53. The van der Waals surface area contributed by atoms with E-state index >= 15 is 0 Å². The van der Waals surface area contributed by atoms with Gasteiger partial charge in [0.2, 0.25) is 0 Å². The van der Waals surface area contributed by atoms with Gasteiger partial charge in [0.25, 0.3) is 0 Å². The average molecular weight is 320 g/mol. The van der Waals surface area contributed by atoms with Gasteiger partial charge < -0.3 is 15.4 Å². The van der Waals surface area contributed by atoms with Gasteiger partial charge >= 0.3 is 0 Å². The lowest BCUT2D eigenvalue weighted by atomic mass is 10.2. The molecule has 0 fully saturated rings. The van der Waals surface area contributed by atoms with Crippen LogP contribution in [0.4, 0.5) is 23.0 Å². The van der Waals surface area contributed by atoms with Gasteiger partial charge in [-0.1, -0.05) is 18.2 Å². The van der Waals surface area contributed by atoms with Crippen molar-refractivity contribution in [3.8, 4) is 5.75 Å². The van der Waals surface area contributed by atoms with Gasteiger partial charge in [-0.2, -0.15) is 0 Å². The monoisotopic (exact) mass is 320 g/mol. The van der Waals surface area contributed by atoms with Crippen LogP contribution in [0.25, 0.3) is 0 Å². The maximum Gasteiger partial charge on any atom is 0.142 e. The van der Waals surface area contributed by atoms with Gasteiger partial charge in [0, 0.05) is 11.8 Å². The molecule has 1 heterocycles. The minimum absolute atomic E-state index is 0.698. The summed E-state index contributed by atoms with van der Waals surface area (Å²) in [5, 5.41) is 6.57. The summed E-state index contributed by atoms with van der Waals surface area (Å²) in [4.78, 5) is 8.55. The quantitative estimate of drug-likeness (QED) is 0.720. The van der Waals surface area contributed by atoms with E-state index in [4.69, 9.17) is 4.74 Å². The molecule has 0 aliphatic rings. The van der Waals surface area contributed by atoms with Gasteiger partial charge in [-0.15, -0.1) is 0 Å². The van der Waals surface area contributed by atoms with Crippen molar-refractivity contribution in [2.24, 2.45) is 0 Å². The largest absolute Gasteiger partial charge is 0.495 e. The van der Waals surface area contributed by atoms with Crippen LogP contribution in [-0.4, -0.2) is 17.1 Å². The number of hydrogen-bond acceptors (Lipinski definition) is 5. The number of methoxy groups -OCH3 is 1. The molecule has 122 valence electrons. The van der Waals surface area contributed by atoms with Crippen molar-refractivity contribution in [2.75, 3.05) is 17.7 Å². The normalized spacial score (nSPS) is 10.3. The fraction of sp³-hybridized carbons (Fsp3) is 0.158. The summed E-state index contributed by atoms with van der Waals surface area (Å²) in [7, 11) is 1.65. The van der Waals surface area contributed by atoms with Crippen molar-refractivity contribution in [1.82, 2.24) is 9.97 Å². The number of hydrogen-bond donors (Lipinski definition) is 2. The SMILES string of the molecule is COc1ccc(C)cc1Nc1cc(Nc2cccc(C)c2)ncn1. The van der Waals surface area contributed by atoms with E-state index in [1.807, 2.05) is 43.3 Å². The lowest BCUT2D eigenvalue weighted by molar-refractivity contribution is 0.416. The third kappa shape index (κ3) is 3.81. The Bertz CT molecular complexity index is 848. The van der Waals surface area contributed by atoms with Gasteiger partial charge in [0.15, 0.2) is 0 Å². The van der Waals surface area contributed by atoms with Crippen LogP contribution in [0.2, 0.25) is 0 Å². The highest BCUT2D eigenvalue weighted by Crippen LogP contribution is 2.28. The Hall–Kier alpha value is -3.08. The molecule has 0 atom stereocenters. The van der Waals surface area contributed by atoms with Crippen LogP contribution in [0.1, 0.15) is 11.1 Å².